The Morgan fingerprint density at radius 3 is 2.56 bits per heavy atom. The molecule has 0 radical (unpaired) electrons. The van der Waals surface area contributed by atoms with Gasteiger partial charge in [-0.25, -0.2) is 0 Å². The van der Waals surface area contributed by atoms with Gasteiger partial charge in [0.25, 0.3) is 0 Å². The van der Waals surface area contributed by atoms with Crippen molar-refractivity contribution in [1.29, 1.82) is 0 Å². The molecule has 0 saturated heterocycles. The Morgan fingerprint density at radius 2 is 2.06 bits per heavy atom. The van der Waals surface area contributed by atoms with Gasteiger partial charge in [0.05, 0.1) is 5.69 Å². The smallest absolute Gasteiger partial charge is 0.180 e. The molecule has 0 spiro atoms. The summed E-state index contributed by atoms with van der Waals surface area (Å²) in [5.74, 6) is 0.410. The van der Waals surface area contributed by atoms with Crippen LogP contribution in [0, 0.1) is 6.92 Å². The van der Waals surface area contributed by atoms with Crippen molar-refractivity contribution in [3.05, 3.63) is 23.5 Å². The van der Waals surface area contributed by atoms with Crippen molar-refractivity contribution in [1.82, 2.24) is 10.3 Å². The van der Waals surface area contributed by atoms with Crippen molar-refractivity contribution in [3.8, 4) is 5.75 Å². The van der Waals surface area contributed by atoms with Crippen LogP contribution in [0.3, 0.4) is 0 Å². The molecule has 2 atom stereocenters. The van der Waals surface area contributed by atoms with Crippen molar-refractivity contribution < 1.29 is 20.1 Å². The molecular formula is C12H20N2O4. The summed E-state index contributed by atoms with van der Waals surface area (Å²) in [4.78, 5) is 4.02. The van der Waals surface area contributed by atoms with Gasteiger partial charge in [0.15, 0.2) is 12.5 Å². The van der Waals surface area contributed by atoms with Crippen LogP contribution in [0.25, 0.3) is 0 Å². The number of likely N-dealkylation sites (N-methyl/N-ethyl adjacent to an activating group) is 1. The van der Waals surface area contributed by atoms with Crippen LogP contribution in [-0.2, 0) is 0 Å². The molecule has 102 valence electrons. The quantitative estimate of drug-likeness (QED) is 0.538. The van der Waals surface area contributed by atoms with E-state index in [0.717, 1.165) is 0 Å². The third-order valence-corrected chi connectivity index (χ3v) is 2.46. The van der Waals surface area contributed by atoms with E-state index in [0.29, 0.717) is 18.0 Å². The fraction of sp³-hybridized carbons (Fsp3) is 0.583. The number of pyridine rings is 1. The number of aliphatic hydroxyl groups excluding tert-OH is 2. The van der Waals surface area contributed by atoms with Crippen molar-refractivity contribution in [3.63, 3.8) is 0 Å². The molecule has 0 aromatic carbocycles. The molecule has 0 saturated carbocycles. The second kappa shape index (κ2) is 6.65. The predicted octanol–water partition coefficient (Wildman–Crippen LogP) is 0.0684. The predicted molar refractivity (Wildman–Crippen MR) is 65.9 cm³/mol. The molecule has 1 aromatic heterocycles. The molecule has 1 heterocycles. The van der Waals surface area contributed by atoms with Gasteiger partial charge in [0, 0.05) is 11.8 Å². The lowest BCUT2D eigenvalue weighted by molar-refractivity contribution is -0.0431. The van der Waals surface area contributed by atoms with Gasteiger partial charge in [0.2, 0.25) is 0 Å². The number of rotatable bonds is 6. The second-order valence-corrected chi connectivity index (χ2v) is 4.06. The summed E-state index contributed by atoms with van der Waals surface area (Å²) in [6.07, 6.45) is -1.49. The van der Waals surface area contributed by atoms with E-state index in [1.54, 1.807) is 13.8 Å². The van der Waals surface area contributed by atoms with Crippen LogP contribution in [0.2, 0.25) is 0 Å². The van der Waals surface area contributed by atoms with E-state index in [-0.39, 0.29) is 5.56 Å². The largest absolute Gasteiger partial charge is 0.471 e. The van der Waals surface area contributed by atoms with Gasteiger partial charge in [-0.15, -0.1) is 0 Å². The minimum atomic E-state index is -1.59. The topological polar surface area (TPSA) is 94.8 Å². The first-order valence-corrected chi connectivity index (χ1v) is 5.86. The minimum absolute atomic E-state index is 0.247. The third-order valence-electron chi connectivity index (χ3n) is 2.46. The summed E-state index contributed by atoms with van der Waals surface area (Å²) < 4.78 is 5.59. The molecule has 6 heteroatoms. The third kappa shape index (κ3) is 3.92. The highest BCUT2D eigenvalue weighted by molar-refractivity contribution is 5.31. The van der Waals surface area contributed by atoms with Crippen LogP contribution < -0.4 is 10.1 Å². The summed E-state index contributed by atoms with van der Waals surface area (Å²) >= 11 is 0. The average Bonchev–Trinajstić information content (AvgIpc) is 2.30. The second-order valence-electron chi connectivity index (χ2n) is 4.06. The number of hydrogen-bond acceptors (Lipinski definition) is 6. The molecular weight excluding hydrogens is 236 g/mol. The summed E-state index contributed by atoms with van der Waals surface area (Å²) in [6, 6.07) is 1.50. The molecule has 0 aliphatic rings. The van der Waals surface area contributed by atoms with E-state index in [1.165, 1.54) is 12.3 Å². The molecule has 0 amide bonds. The maximum absolute atomic E-state index is 9.57. The first-order chi connectivity index (χ1) is 8.45. The Hall–Kier alpha value is -1.21. The number of aryl methyl sites for hydroxylation is 1. The zero-order chi connectivity index (χ0) is 13.7. The van der Waals surface area contributed by atoms with Gasteiger partial charge in [-0.2, -0.15) is 0 Å². The maximum atomic E-state index is 9.57. The molecule has 18 heavy (non-hydrogen) atoms. The first-order valence-electron chi connectivity index (χ1n) is 5.86. The van der Waals surface area contributed by atoms with Gasteiger partial charge in [0.1, 0.15) is 11.9 Å². The van der Waals surface area contributed by atoms with E-state index in [2.05, 4.69) is 10.3 Å². The molecule has 0 aliphatic carbocycles. The molecule has 0 fully saturated rings. The lowest BCUT2D eigenvalue weighted by Crippen LogP contribution is -2.43. The number of nitrogens with zero attached hydrogens (tertiary/aromatic N) is 1. The van der Waals surface area contributed by atoms with Crippen LogP contribution in [0.5, 0.6) is 5.75 Å². The lowest BCUT2D eigenvalue weighted by atomic mass is 10.2. The van der Waals surface area contributed by atoms with Crippen LogP contribution in [0.4, 0.5) is 0 Å². The summed E-state index contributed by atoms with van der Waals surface area (Å²) in [5.41, 5.74) is 0.861. The Kier molecular flexibility index (Phi) is 5.49. The van der Waals surface area contributed by atoms with Gasteiger partial charge >= 0.3 is 0 Å². The number of hydrogen-bond donors (Lipinski definition) is 4. The van der Waals surface area contributed by atoms with Crippen molar-refractivity contribution in [2.24, 2.45) is 0 Å². The van der Waals surface area contributed by atoms with Gasteiger partial charge in [-0.05, 0) is 26.5 Å². The summed E-state index contributed by atoms with van der Waals surface area (Å²) in [5, 5.41) is 30.7. The normalized spacial score (nSPS) is 14.6. The van der Waals surface area contributed by atoms with E-state index in [1.807, 2.05) is 6.92 Å². The van der Waals surface area contributed by atoms with Gasteiger partial charge in [-0.3, -0.25) is 10.3 Å². The molecule has 1 aromatic rings. The molecule has 1 rings (SSSR count). The van der Waals surface area contributed by atoms with Crippen LogP contribution in [-0.4, -0.2) is 39.2 Å². The summed E-state index contributed by atoms with van der Waals surface area (Å²) in [6.45, 7) is 5.90. The molecule has 2 unspecified atom stereocenters. The summed E-state index contributed by atoms with van der Waals surface area (Å²) in [7, 11) is 0. The first kappa shape index (κ1) is 14.8. The highest BCUT2D eigenvalue weighted by Gasteiger charge is 2.17. The highest BCUT2D eigenvalue weighted by atomic mass is 16.5. The van der Waals surface area contributed by atoms with Crippen molar-refractivity contribution in [2.75, 3.05) is 6.54 Å². The molecule has 6 nitrogen and oxygen atoms in total. The molecule has 4 N–H and O–H groups in total. The van der Waals surface area contributed by atoms with Gasteiger partial charge < -0.3 is 20.1 Å². The van der Waals surface area contributed by atoms with E-state index >= 15 is 0 Å². The number of ether oxygens (including phenoxy) is 1. The zero-order valence-corrected chi connectivity index (χ0v) is 10.8. The standard InChI is InChI=1S/C12H20N2O4/c1-4-13-11(8(3)15)18-10-5-9(12(16)17)6-14-7(10)2/h5-6,8,11-13,15-17H,4H2,1-3H3. The highest BCUT2D eigenvalue weighted by Crippen LogP contribution is 2.21. The van der Waals surface area contributed by atoms with Gasteiger partial charge in [-0.1, -0.05) is 6.92 Å². The Bertz CT molecular complexity index is 382. The number of aromatic nitrogens is 1. The maximum Gasteiger partial charge on any atom is 0.180 e. The van der Waals surface area contributed by atoms with E-state index < -0.39 is 18.6 Å². The number of nitrogens with one attached hydrogen (secondary N) is 1. The van der Waals surface area contributed by atoms with E-state index in [4.69, 9.17) is 14.9 Å². The Labute approximate surface area is 106 Å². The lowest BCUT2D eigenvalue weighted by Gasteiger charge is -2.23. The van der Waals surface area contributed by atoms with Crippen LogP contribution in [0.1, 0.15) is 31.4 Å². The van der Waals surface area contributed by atoms with E-state index in [9.17, 15) is 5.11 Å². The van der Waals surface area contributed by atoms with Crippen molar-refractivity contribution >= 4 is 0 Å². The SMILES string of the molecule is CCNC(Oc1cc(C(O)O)cnc1C)C(C)O. The molecule has 0 bridgehead atoms. The van der Waals surface area contributed by atoms with Crippen LogP contribution in [0.15, 0.2) is 12.3 Å². The zero-order valence-electron chi connectivity index (χ0n) is 10.8. The average molecular weight is 256 g/mol. The van der Waals surface area contributed by atoms with Crippen LogP contribution >= 0.6 is 0 Å². The Morgan fingerprint density at radius 1 is 1.39 bits per heavy atom. The minimum Gasteiger partial charge on any atom is -0.471 e. The monoisotopic (exact) mass is 256 g/mol. The van der Waals surface area contributed by atoms with Crippen molar-refractivity contribution in [2.45, 2.75) is 39.4 Å². The Balaban J connectivity index is 2.90. The number of aliphatic hydroxyl groups is 3. The molecule has 0 aliphatic heterocycles. The fourth-order valence-electron chi connectivity index (χ4n) is 1.44. The fourth-order valence-corrected chi connectivity index (χ4v) is 1.44.